The molecule has 3 N–H and O–H groups in total. The average molecular weight is 323 g/mol. The summed E-state index contributed by atoms with van der Waals surface area (Å²) in [6, 6.07) is 3.25. The molecule has 0 bridgehead atoms. The van der Waals surface area contributed by atoms with Crippen LogP contribution in [0, 0.1) is 6.92 Å². The molecule has 114 valence electrons. The number of nitrogens with zero attached hydrogens (tertiary/aromatic N) is 1. The van der Waals surface area contributed by atoms with Gasteiger partial charge in [0, 0.05) is 5.69 Å². The maximum atomic E-state index is 12.1. The number of carbonyl (C=O) groups is 1. The molecule has 1 heterocycles. The zero-order valence-electron chi connectivity index (χ0n) is 10.6. The van der Waals surface area contributed by atoms with Gasteiger partial charge < -0.3 is 15.4 Å². The second-order valence-corrected chi connectivity index (χ2v) is 4.25. The number of rotatable bonds is 1. The molecule has 0 saturated carbocycles. The van der Waals surface area contributed by atoms with Gasteiger partial charge in [-0.3, -0.25) is 0 Å². The molecule has 0 fully saturated rings. The number of aromatic nitrogens is 1. The summed E-state index contributed by atoms with van der Waals surface area (Å²) in [6.45, 7) is 1.55. The number of halogens is 4. The van der Waals surface area contributed by atoms with Gasteiger partial charge in [0.1, 0.15) is 11.3 Å². The summed E-state index contributed by atoms with van der Waals surface area (Å²) < 4.78 is 40.8. The Bertz CT molecular complexity index is 641. The summed E-state index contributed by atoms with van der Waals surface area (Å²) in [6.07, 6.45) is -3.26. The van der Waals surface area contributed by atoms with Gasteiger partial charge >= 0.3 is 12.1 Å². The van der Waals surface area contributed by atoms with Gasteiger partial charge in [-0.1, -0.05) is 16.8 Å². The third kappa shape index (κ3) is 4.67. The quantitative estimate of drug-likeness (QED) is 0.783. The van der Waals surface area contributed by atoms with Gasteiger partial charge in [0.15, 0.2) is 0 Å². The van der Waals surface area contributed by atoms with Crippen LogP contribution in [0.15, 0.2) is 28.9 Å². The molecule has 2 aromatic rings. The molecule has 0 unspecified atom stereocenters. The van der Waals surface area contributed by atoms with Crippen molar-refractivity contribution in [3.05, 3.63) is 46.3 Å². The summed E-state index contributed by atoms with van der Waals surface area (Å²) in [5, 5.41) is 11.3. The number of hydrogen-bond acceptors (Lipinski definition) is 4. The van der Waals surface area contributed by atoms with E-state index in [0.717, 1.165) is 12.1 Å². The Hall–Kier alpha value is -2.22. The molecule has 9 heteroatoms. The Morgan fingerprint density at radius 1 is 1.43 bits per heavy atom. The van der Waals surface area contributed by atoms with Crippen molar-refractivity contribution >= 4 is 23.3 Å². The molecule has 1 aromatic heterocycles. The molecular formula is C12H10ClF3N2O3. The van der Waals surface area contributed by atoms with Crippen LogP contribution in [0.2, 0.25) is 5.02 Å². The summed E-state index contributed by atoms with van der Waals surface area (Å²) in [7, 11) is 0. The first-order valence-electron chi connectivity index (χ1n) is 5.39. The van der Waals surface area contributed by atoms with E-state index in [0.29, 0.717) is 5.76 Å². The third-order valence-electron chi connectivity index (χ3n) is 2.28. The number of carboxylic acid groups (broad SMARTS) is 1. The molecule has 2 rings (SSSR count). The molecule has 0 amide bonds. The van der Waals surface area contributed by atoms with E-state index in [4.69, 9.17) is 22.4 Å². The van der Waals surface area contributed by atoms with Crippen molar-refractivity contribution in [1.82, 2.24) is 5.16 Å². The largest absolute Gasteiger partial charge is 0.478 e. The minimum Gasteiger partial charge on any atom is -0.478 e. The van der Waals surface area contributed by atoms with Gasteiger partial charge in [-0.15, -0.1) is 0 Å². The second kappa shape index (κ2) is 6.49. The highest BCUT2D eigenvalue weighted by molar-refractivity contribution is 6.31. The fraction of sp³-hybridized carbons (Fsp3) is 0.167. The fourth-order valence-electron chi connectivity index (χ4n) is 1.26. The molecule has 0 aliphatic rings. The molecule has 21 heavy (non-hydrogen) atoms. The average Bonchev–Trinajstić information content (AvgIpc) is 2.78. The van der Waals surface area contributed by atoms with Crippen molar-refractivity contribution in [3.8, 4) is 0 Å². The SMILES string of the molecule is Cc1oncc1C(=O)O.Nc1ccc(Cl)c(C(F)(F)F)c1. The lowest BCUT2D eigenvalue weighted by Crippen LogP contribution is -2.06. The van der Waals surface area contributed by atoms with E-state index in [1.165, 1.54) is 12.3 Å². The Labute approximate surface area is 122 Å². The molecule has 0 aliphatic carbocycles. The van der Waals surface area contributed by atoms with Gasteiger partial charge in [0.25, 0.3) is 0 Å². The molecular weight excluding hydrogens is 313 g/mol. The van der Waals surface area contributed by atoms with E-state index in [2.05, 4.69) is 9.68 Å². The van der Waals surface area contributed by atoms with Gasteiger partial charge in [0.05, 0.1) is 16.8 Å². The highest BCUT2D eigenvalue weighted by Crippen LogP contribution is 2.35. The molecule has 0 spiro atoms. The minimum absolute atomic E-state index is 0.0479. The van der Waals surface area contributed by atoms with Crippen LogP contribution in [-0.2, 0) is 6.18 Å². The third-order valence-corrected chi connectivity index (χ3v) is 2.61. The van der Waals surface area contributed by atoms with E-state index < -0.39 is 17.7 Å². The monoisotopic (exact) mass is 322 g/mol. The lowest BCUT2D eigenvalue weighted by atomic mass is 10.2. The smallest absolute Gasteiger partial charge is 0.417 e. The topological polar surface area (TPSA) is 89.3 Å². The van der Waals surface area contributed by atoms with Gasteiger partial charge in [0.2, 0.25) is 0 Å². The predicted molar refractivity (Wildman–Crippen MR) is 69.1 cm³/mol. The Morgan fingerprint density at radius 3 is 2.38 bits per heavy atom. The Balaban J connectivity index is 0.000000219. The van der Waals surface area contributed by atoms with Crippen LogP contribution in [0.1, 0.15) is 21.7 Å². The number of aromatic carboxylic acids is 1. The second-order valence-electron chi connectivity index (χ2n) is 3.84. The fourth-order valence-corrected chi connectivity index (χ4v) is 1.49. The first-order valence-corrected chi connectivity index (χ1v) is 5.77. The first kappa shape index (κ1) is 16.8. The summed E-state index contributed by atoms with van der Waals surface area (Å²) in [5.41, 5.74) is 4.43. The van der Waals surface area contributed by atoms with Crippen molar-refractivity contribution in [2.24, 2.45) is 0 Å². The standard InChI is InChI=1S/C7H5ClF3N.C5H5NO3/c8-6-2-1-4(12)3-5(6)7(9,10)11;1-3-4(5(7)8)2-6-9-3/h1-3H,12H2;2H,1H3,(H,7,8). The van der Waals surface area contributed by atoms with Crippen molar-refractivity contribution in [1.29, 1.82) is 0 Å². The maximum absolute atomic E-state index is 12.1. The van der Waals surface area contributed by atoms with E-state index in [9.17, 15) is 18.0 Å². The van der Waals surface area contributed by atoms with Crippen molar-refractivity contribution in [2.45, 2.75) is 13.1 Å². The highest BCUT2D eigenvalue weighted by atomic mass is 35.5. The van der Waals surface area contributed by atoms with E-state index >= 15 is 0 Å². The Kier molecular flexibility index (Phi) is 5.20. The van der Waals surface area contributed by atoms with Crippen molar-refractivity contribution in [2.75, 3.05) is 5.73 Å². The van der Waals surface area contributed by atoms with Crippen LogP contribution < -0.4 is 5.73 Å². The predicted octanol–water partition coefficient (Wildman–Crippen LogP) is 3.62. The number of hydrogen-bond donors (Lipinski definition) is 2. The van der Waals surface area contributed by atoms with E-state index in [1.54, 1.807) is 6.92 Å². The zero-order valence-corrected chi connectivity index (χ0v) is 11.4. The number of benzene rings is 1. The maximum Gasteiger partial charge on any atom is 0.417 e. The number of nitrogens with two attached hydrogens (primary N) is 1. The van der Waals surface area contributed by atoms with Gasteiger partial charge in [-0.05, 0) is 25.1 Å². The summed E-state index contributed by atoms with van der Waals surface area (Å²) >= 11 is 5.31. The lowest BCUT2D eigenvalue weighted by molar-refractivity contribution is -0.137. The van der Waals surface area contributed by atoms with E-state index in [-0.39, 0.29) is 16.3 Å². The van der Waals surface area contributed by atoms with Crippen LogP contribution in [-0.4, -0.2) is 16.2 Å². The number of nitrogen functional groups attached to an aromatic ring is 1. The highest BCUT2D eigenvalue weighted by Gasteiger charge is 2.33. The number of anilines is 1. The van der Waals surface area contributed by atoms with Gasteiger partial charge in [-0.2, -0.15) is 13.2 Å². The van der Waals surface area contributed by atoms with Crippen LogP contribution in [0.5, 0.6) is 0 Å². The number of alkyl halides is 3. The van der Waals surface area contributed by atoms with Crippen LogP contribution >= 0.6 is 11.6 Å². The molecule has 5 nitrogen and oxygen atoms in total. The Morgan fingerprint density at radius 2 is 2.05 bits per heavy atom. The van der Waals surface area contributed by atoms with Gasteiger partial charge in [-0.25, -0.2) is 4.79 Å². The summed E-state index contributed by atoms with van der Waals surface area (Å²) in [5.74, 6) is -0.670. The normalized spacial score (nSPS) is 10.7. The molecule has 0 atom stereocenters. The zero-order chi connectivity index (χ0) is 16.2. The van der Waals surface area contributed by atoms with Crippen LogP contribution in [0.3, 0.4) is 0 Å². The molecule has 0 aliphatic heterocycles. The summed E-state index contributed by atoms with van der Waals surface area (Å²) in [4.78, 5) is 10.2. The van der Waals surface area contributed by atoms with Crippen molar-refractivity contribution < 1.29 is 27.6 Å². The van der Waals surface area contributed by atoms with Crippen LogP contribution in [0.25, 0.3) is 0 Å². The van der Waals surface area contributed by atoms with Crippen molar-refractivity contribution in [3.63, 3.8) is 0 Å². The molecule has 1 aromatic carbocycles. The molecule has 0 saturated heterocycles. The lowest BCUT2D eigenvalue weighted by Gasteiger charge is -2.08. The van der Waals surface area contributed by atoms with E-state index in [1.807, 2.05) is 0 Å². The van der Waals surface area contributed by atoms with Crippen LogP contribution in [0.4, 0.5) is 18.9 Å². The number of aryl methyl sites for hydroxylation is 1. The minimum atomic E-state index is -4.44. The number of carboxylic acids is 1. The molecule has 0 radical (unpaired) electrons. The first-order chi connectivity index (χ1) is 9.62.